The molecular formula is C20H22N2O6S. The molecule has 9 heteroatoms. The molecule has 1 saturated heterocycles. The van der Waals surface area contributed by atoms with Crippen LogP contribution in [-0.4, -0.2) is 33.4 Å². The average Bonchev–Trinajstić information content (AvgIpc) is 2.98. The van der Waals surface area contributed by atoms with Crippen molar-refractivity contribution in [2.24, 2.45) is 0 Å². The zero-order chi connectivity index (χ0) is 21.2. The SMILES string of the molecule is COc1ccc(S(=O)(=O)Nc2cccc(OC(C)C)c2)cc1N1C(=O)CCC1=O. The first-order valence-corrected chi connectivity index (χ1v) is 10.5. The molecule has 1 aliphatic rings. The molecule has 1 fully saturated rings. The Hall–Kier alpha value is -3.07. The van der Waals surface area contributed by atoms with Crippen LogP contribution in [0.1, 0.15) is 26.7 Å². The highest BCUT2D eigenvalue weighted by Crippen LogP contribution is 2.34. The van der Waals surface area contributed by atoms with Gasteiger partial charge in [0.25, 0.3) is 10.0 Å². The van der Waals surface area contributed by atoms with Gasteiger partial charge in [-0.15, -0.1) is 0 Å². The third-order valence-electron chi connectivity index (χ3n) is 4.21. The van der Waals surface area contributed by atoms with Gasteiger partial charge in [0.1, 0.15) is 11.5 Å². The molecule has 154 valence electrons. The highest BCUT2D eigenvalue weighted by Gasteiger charge is 2.33. The van der Waals surface area contributed by atoms with Gasteiger partial charge >= 0.3 is 0 Å². The molecule has 2 aromatic rings. The maximum absolute atomic E-state index is 12.9. The minimum absolute atomic E-state index is 0.0541. The van der Waals surface area contributed by atoms with Crippen LogP contribution in [0.5, 0.6) is 11.5 Å². The fourth-order valence-electron chi connectivity index (χ4n) is 2.98. The Labute approximate surface area is 169 Å². The molecule has 0 aromatic heterocycles. The number of sulfonamides is 1. The summed E-state index contributed by atoms with van der Waals surface area (Å²) >= 11 is 0. The number of imide groups is 1. The fraction of sp³-hybridized carbons (Fsp3) is 0.300. The number of hydrogen-bond donors (Lipinski definition) is 1. The van der Waals surface area contributed by atoms with E-state index in [0.29, 0.717) is 11.4 Å². The second-order valence-corrected chi connectivity index (χ2v) is 8.44. The number of amides is 2. The van der Waals surface area contributed by atoms with Crippen molar-refractivity contribution in [2.45, 2.75) is 37.7 Å². The first-order valence-electron chi connectivity index (χ1n) is 9.04. The van der Waals surface area contributed by atoms with E-state index in [1.54, 1.807) is 24.3 Å². The van der Waals surface area contributed by atoms with Crippen LogP contribution in [0.3, 0.4) is 0 Å². The monoisotopic (exact) mass is 418 g/mol. The van der Waals surface area contributed by atoms with Gasteiger partial charge in [-0.05, 0) is 44.2 Å². The Morgan fingerprint density at radius 3 is 2.34 bits per heavy atom. The van der Waals surface area contributed by atoms with E-state index in [1.807, 2.05) is 13.8 Å². The van der Waals surface area contributed by atoms with Crippen molar-refractivity contribution >= 4 is 33.2 Å². The standard InChI is InChI=1S/C20H22N2O6S/c1-13(2)28-15-6-4-5-14(11-15)21-29(25,26)16-7-8-18(27-3)17(12-16)22-19(23)9-10-20(22)24/h4-8,11-13,21H,9-10H2,1-3H3. The molecule has 0 unspecified atom stereocenters. The van der Waals surface area contributed by atoms with Crippen LogP contribution in [0.2, 0.25) is 0 Å². The summed E-state index contributed by atoms with van der Waals surface area (Å²) in [5.41, 5.74) is 0.439. The van der Waals surface area contributed by atoms with Gasteiger partial charge in [0.2, 0.25) is 11.8 Å². The Balaban J connectivity index is 1.94. The van der Waals surface area contributed by atoms with E-state index < -0.39 is 21.8 Å². The zero-order valence-corrected chi connectivity index (χ0v) is 17.2. The van der Waals surface area contributed by atoms with Crippen LogP contribution in [-0.2, 0) is 19.6 Å². The Kier molecular flexibility index (Phi) is 5.78. The molecule has 0 spiro atoms. The molecule has 0 radical (unpaired) electrons. The van der Waals surface area contributed by atoms with Gasteiger partial charge in [0, 0.05) is 18.9 Å². The molecular weight excluding hydrogens is 396 g/mol. The highest BCUT2D eigenvalue weighted by atomic mass is 32.2. The quantitative estimate of drug-likeness (QED) is 0.694. The zero-order valence-electron chi connectivity index (χ0n) is 16.3. The molecule has 2 aromatic carbocycles. The molecule has 0 saturated carbocycles. The predicted molar refractivity (Wildman–Crippen MR) is 108 cm³/mol. The molecule has 1 heterocycles. The van der Waals surface area contributed by atoms with Crippen LogP contribution >= 0.6 is 0 Å². The van der Waals surface area contributed by atoms with Crippen LogP contribution in [0.15, 0.2) is 47.4 Å². The van der Waals surface area contributed by atoms with Gasteiger partial charge in [-0.3, -0.25) is 14.3 Å². The number of carbonyl (C=O) groups is 2. The number of benzene rings is 2. The van der Waals surface area contributed by atoms with Crippen LogP contribution in [0.25, 0.3) is 0 Å². The van der Waals surface area contributed by atoms with Gasteiger partial charge in [-0.2, -0.15) is 0 Å². The van der Waals surface area contributed by atoms with E-state index in [4.69, 9.17) is 9.47 Å². The summed E-state index contributed by atoms with van der Waals surface area (Å²) in [7, 11) is -2.60. The van der Waals surface area contributed by atoms with Gasteiger partial charge in [-0.1, -0.05) is 6.07 Å². The summed E-state index contributed by atoms with van der Waals surface area (Å²) in [5.74, 6) is -0.0209. The van der Waals surface area contributed by atoms with Crippen LogP contribution < -0.4 is 19.1 Å². The molecule has 0 atom stereocenters. The van der Waals surface area contributed by atoms with Crippen molar-refractivity contribution < 1.29 is 27.5 Å². The molecule has 1 aliphatic heterocycles. The van der Waals surface area contributed by atoms with Crippen molar-refractivity contribution in [1.82, 2.24) is 0 Å². The normalized spacial score (nSPS) is 14.4. The Bertz CT molecular complexity index is 1030. The summed E-state index contributed by atoms with van der Waals surface area (Å²) in [6.07, 6.45) is 0.112. The summed E-state index contributed by atoms with van der Waals surface area (Å²) in [6.45, 7) is 3.74. The van der Waals surface area contributed by atoms with E-state index >= 15 is 0 Å². The van der Waals surface area contributed by atoms with E-state index in [2.05, 4.69) is 4.72 Å². The van der Waals surface area contributed by atoms with E-state index in [1.165, 1.54) is 25.3 Å². The second-order valence-electron chi connectivity index (χ2n) is 6.76. The summed E-state index contributed by atoms with van der Waals surface area (Å²) in [6, 6.07) is 10.6. The smallest absolute Gasteiger partial charge is 0.261 e. The van der Waals surface area contributed by atoms with Crippen molar-refractivity contribution in [3.63, 3.8) is 0 Å². The maximum Gasteiger partial charge on any atom is 0.261 e. The highest BCUT2D eigenvalue weighted by molar-refractivity contribution is 7.92. The minimum Gasteiger partial charge on any atom is -0.495 e. The molecule has 1 N–H and O–H groups in total. The number of nitrogens with one attached hydrogen (secondary N) is 1. The predicted octanol–water partition coefficient (Wildman–Crippen LogP) is 2.94. The average molecular weight is 418 g/mol. The van der Waals surface area contributed by atoms with E-state index in [9.17, 15) is 18.0 Å². The lowest BCUT2D eigenvalue weighted by atomic mass is 10.2. The summed E-state index contributed by atoms with van der Waals surface area (Å²) in [4.78, 5) is 25.1. The van der Waals surface area contributed by atoms with Crippen LogP contribution in [0.4, 0.5) is 11.4 Å². The fourth-order valence-corrected chi connectivity index (χ4v) is 4.05. The molecule has 29 heavy (non-hydrogen) atoms. The minimum atomic E-state index is -3.98. The lowest BCUT2D eigenvalue weighted by Crippen LogP contribution is -2.29. The molecule has 2 amide bonds. The van der Waals surface area contributed by atoms with E-state index in [-0.39, 0.29) is 35.3 Å². The molecule has 0 aliphatic carbocycles. The topological polar surface area (TPSA) is 102 Å². The molecule has 0 bridgehead atoms. The van der Waals surface area contributed by atoms with Gasteiger partial charge in [0.15, 0.2) is 0 Å². The van der Waals surface area contributed by atoms with Gasteiger partial charge in [-0.25, -0.2) is 13.3 Å². The first-order chi connectivity index (χ1) is 13.7. The largest absolute Gasteiger partial charge is 0.495 e. The first kappa shape index (κ1) is 20.7. The lowest BCUT2D eigenvalue weighted by molar-refractivity contribution is -0.121. The Morgan fingerprint density at radius 1 is 1.03 bits per heavy atom. The number of ether oxygens (including phenoxy) is 2. The number of rotatable bonds is 7. The van der Waals surface area contributed by atoms with Gasteiger partial charge < -0.3 is 9.47 Å². The number of hydrogen-bond acceptors (Lipinski definition) is 6. The Morgan fingerprint density at radius 2 is 1.72 bits per heavy atom. The third-order valence-corrected chi connectivity index (χ3v) is 5.59. The van der Waals surface area contributed by atoms with Crippen molar-refractivity contribution in [3.05, 3.63) is 42.5 Å². The van der Waals surface area contributed by atoms with Crippen molar-refractivity contribution in [3.8, 4) is 11.5 Å². The maximum atomic E-state index is 12.9. The summed E-state index contributed by atoms with van der Waals surface area (Å²) in [5, 5.41) is 0. The van der Waals surface area contributed by atoms with Gasteiger partial charge in [0.05, 0.1) is 29.5 Å². The lowest BCUT2D eigenvalue weighted by Gasteiger charge is -2.19. The molecule has 3 rings (SSSR count). The van der Waals surface area contributed by atoms with E-state index in [0.717, 1.165) is 4.90 Å². The third kappa shape index (κ3) is 4.51. The number of methoxy groups -OCH3 is 1. The van der Waals surface area contributed by atoms with Crippen molar-refractivity contribution in [2.75, 3.05) is 16.7 Å². The second kappa shape index (κ2) is 8.12. The number of nitrogens with zero attached hydrogens (tertiary/aromatic N) is 1. The van der Waals surface area contributed by atoms with Crippen LogP contribution in [0, 0.1) is 0 Å². The van der Waals surface area contributed by atoms with Crippen molar-refractivity contribution in [1.29, 1.82) is 0 Å². The number of anilines is 2. The summed E-state index contributed by atoms with van der Waals surface area (Å²) < 4.78 is 39.1. The molecule has 8 nitrogen and oxygen atoms in total. The number of carbonyl (C=O) groups excluding carboxylic acids is 2.